The van der Waals surface area contributed by atoms with E-state index in [1.807, 2.05) is 13.8 Å². The molecule has 0 aliphatic rings. The van der Waals surface area contributed by atoms with Gasteiger partial charge in [0, 0.05) is 5.57 Å². The van der Waals surface area contributed by atoms with E-state index in [-0.39, 0.29) is 0 Å². The fourth-order valence-corrected chi connectivity index (χ4v) is 1.33. The molecule has 0 fully saturated rings. The average Bonchev–Trinajstić information content (AvgIpc) is 2.31. The van der Waals surface area contributed by atoms with E-state index in [2.05, 4.69) is 23.1 Å². The predicted octanol–water partition coefficient (Wildman–Crippen LogP) is 2.94. The van der Waals surface area contributed by atoms with Gasteiger partial charge in [-0.05, 0) is 19.4 Å². The van der Waals surface area contributed by atoms with E-state index in [0.29, 0.717) is 5.88 Å². The van der Waals surface area contributed by atoms with Crippen molar-refractivity contribution in [2.24, 2.45) is 0 Å². The molecular weight excluding hydrogens is 200 g/mol. The Morgan fingerprint density at radius 3 is 2.56 bits per heavy atom. The van der Waals surface area contributed by atoms with Crippen LogP contribution in [0.15, 0.2) is 37.1 Å². The van der Waals surface area contributed by atoms with Crippen LogP contribution in [-0.2, 0) is 0 Å². The summed E-state index contributed by atoms with van der Waals surface area (Å²) in [6, 6.07) is 0. The van der Waals surface area contributed by atoms with Gasteiger partial charge in [0.05, 0.1) is 24.7 Å². The van der Waals surface area contributed by atoms with E-state index < -0.39 is 0 Å². The molecular formula is C13H16N2O. The second-order valence-corrected chi connectivity index (χ2v) is 3.35. The van der Waals surface area contributed by atoms with Crippen LogP contribution >= 0.6 is 0 Å². The molecule has 1 aromatic rings. The Morgan fingerprint density at radius 2 is 2.06 bits per heavy atom. The minimum atomic E-state index is 0.536. The summed E-state index contributed by atoms with van der Waals surface area (Å²) in [5, 5.41) is 0. The van der Waals surface area contributed by atoms with Crippen molar-refractivity contribution in [1.82, 2.24) is 9.97 Å². The number of allylic oxidation sites excluding steroid dienone is 4. The lowest BCUT2D eigenvalue weighted by Crippen LogP contribution is -1.98. The molecule has 3 heteroatoms. The lowest BCUT2D eigenvalue weighted by atomic mass is 10.1. The monoisotopic (exact) mass is 216 g/mol. The molecule has 0 saturated heterocycles. The zero-order chi connectivity index (χ0) is 12.1. The lowest BCUT2D eigenvalue weighted by Gasteiger charge is -2.07. The van der Waals surface area contributed by atoms with Crippen molar-refractivity contribution in [1.29, 1.82) is 0 Å². The molecule has 1 heterocycles. The first-order valence-electron chi connectivity index (χ1n) is 4.97. The van der Waals surface area contributed by atoms with Crippen molar-refractivity contribution in [2.45, 2.75) is 13.8 Å². The molecule has 0 aromatic carbocycles. The molecule has 0 radical (unpaired) electrons. The zero-order valence-electron chi connectivity index (χ0n) is 9.95. The van der Waals surface area contributed by atoms with E-state index >= 15 is 0 Å². The van der Waals surface area contributed by atoms with Crippen LogP contribution in [0, 0.1) is 6.92 Å². The minimum Gasteiger partial charge on any atom is -0.480 e. The highest BCUT2D eigenvalue weighted by Crippen LogP contribution is 2.21. The van der Waals surface area contributed by atoms with Gasteiger partial charge in [-0.1, -0.05) is 25.3 Å². The van der Waals surface area contributed by atoms with Crippen molar-refractivity contribution in [3.63, 3.8) is 0 Å². The van der Waals surface area contributed by atoms with Crippen molar-refractivity contribution >= 4 is 5.57 Å². The van der Waals surface area contributed by atoms with Crippen LogP contribution in [-0.4, -0.2) is 17.1 Å². The van der Waals surface area contributed by atoms with Gasteiger partial charge in [0.2, 0.25) is 5.88 Å². The Bertz CT molecular complexity index is 447. The van der Waals surface area contributed by atoms with Crippen LogP contribution < -0.4 is 4.74 Å². The Morgan fingerprint density at radius 1 is 1.38 bits per heavy atom. The SMILES string of the molecule is C=C/C(C)=C(\C=C)c1cnc(C)c(OC)n1. The van der Waals surface area contributed by atoms with Crippen LogP contribution in [0.25, 0.3) is 5.57 Å². The van der Waals surface area contributed by atoms with Crippen LogP contribution in [0.3, 0.4) is 0 Å². The molecule has 0 atom stereocenters. The summed E-state index contributed by atoms with van der Waals surface area (Å²) in [5.74, 6) is 0.536. The highest BCUT2D eigenvalue weighted by atomic mass is 16.5. The molecule has 1 rings (SSSR count). The number of hydrogen-bond acceptors (Lipinski definition) is 3. The molecule has 0 saturated carbocycles. The molecule has 0 spiro atoms. The van der Waals surface area contributed by atoms with Gasteiger partial charge in [-0.3, -0.25) is 4.98 Å². The first-order valence-corrected chi connectivity index (χ1v) is 4.97. The van der Waals surface area contributed by atoms with Gasteiger partial charge in [-0.2, -0.15) is 0 Å². The molecule has 0 bridgehead atoms. The number of hydrogen-bond donors (Lipinski definition) is 0. The van der Waals surface area contributed by atoms with Gasteiger partial charge in [-0.25, -0.2) is 4.98 Å². The van der Waals surface area contributed by atoms with Gasteiger partial charge < -0.3 is 4.74 Å². The maximum absolute atomic E-state index is 5.14. The largest absolute Gasteiger partial charge is 0.480 e. The summed E-state index contributed by atoms with van der Waals surface area (Å²) >= 11 is 0. The normalized spacial score (nSPS) is 11.7. The Hall–Kier alpha value is -1.90. The summed E-state index contributed by atoms with van der Waals surface area (Å²) in [5.41, 5.74) is 3.44. The second kappa shape index (κ2) is 5.26. The first kappa shape index (κ1) is 12.2. The standard InChI is InChI=1S/C13H16N2O/c1-6-9(3)11(7-2)12-8-14-10(4)13(15-12)16-5/h6-8H,1-2H2,3-5H3/b11-9+. The number of aryl methyl sites for hydroxylation is 1. The molecule has 0 aliphatic carbocycles. The van der Waals surface area contributed by atoms with Gasteiger partial charge in [0.1, 0.15) is 0 Å². The van der Waals surface area contributed by atoms with Gasteiger partial charge in [-0.15, -0.1) is 0 Å². The lowest BCUT2D eigenvalue weighted by molar-refractivity contribution is 0.391. The van der Waals surface area contributed by atoms with E-state index in [0.717, 1.165) is 22.5 Å². The third kappa shape index (κ3) is 2.37. The fourth-order valence-electron chi connectivity index (χ4n) is 1.33. The molecule has 3 nitrogen and oxygen atoms in total. The maximum Gasteiger partial charge on any atom is 0.235 e. The highest BCUT2D eigenvalue weighted by Gasteiger charge is 2.07. The molecule has 0 N–H and O–H groups in total. The summed E-state index contributed by atoms with van der Waals surface area (Å²) in [7, 11) is 1.58. The van der Waals surface area contributed by atoms with Gasteiger partial charge >= 0.3 is 0 Å². The van der Waals surface area contributed by atoms with E-state index in [9.17, 15) is 0 Å². The molecule has 0 aliphatic heterocycles. The Labute approximate surface area is 96.2 Å². The number of ether oxygens (including phenoxy) is 1. The topological polar surface area (TPSA) is 35.0 Å². The molecule has 1 aromatic heterocycles. The summed E-state index contributed by atoms with van der Waals surface area (Å²) in [4.78, 5) is 8.60. The van der Waals surface area contributed by atoms with Crippen LogP contribution in [0.5, 0.6) is 5.88 Å². The van der Waals surface area contributed by atoms with Crippen molar-refractivity contribution < 1.29 is 4.74 Å². The summed E-state index contributed by atoms with van der Waals surface area (Å²) < 4.78 is 5.14. The van der Waals surface area contributed by atoms with Crippen molar-refractivity contribution in [2.75, 3.05) is 7.11 Å². The molecule has 0 unspecified atom stereocenters. The van der Waals surface area contributed by atoms with Gasteiger partial charge in [0.15, 0.2) is 0 Å². The quantitative estimate of drug-likeness (QED) is 0.726. The number of aromatic nitrogens is 2. The number of methoxy groups -OCH3 is 1. The van der Waals surface area contributed by atoms with E-state index in [1.165, 1.54) is 0 Å². The summed E-state index contributed by atoms with van der Waals surface area (Å²) in [6.07, 6.45) is 5.22. The molecule has 84 valence electrons. The van der Waals surface area contributed by atoms with Crippen molar-refractivity contribution in [3.8, 4) is 5.88 Å². The first-order chi connectivity index (χ1) is 7.63. The zero-order valence-corrected chi connectivity index (χ0v) is 9.95. The van der Waals surface area contributed by atoms with Crippen LogP contribution in [0.1, 0.15) is 18.3 Å². The number of nitrogens with zero attached hydrogens (tertiary/aromatic N) is 2. The molecule has 16 heavy (non-hydrogen) atoms. The van der Waals surface area contributed by atoms with E-state index in [4.69, 9.17) is 4.74 Å². The predicted molar refractivity (Wildman–Crippen MR) is 66.3 cm³/mol. The van der Waals surface area contributed by atoms with E-state index in [1.54, 1.807) is 25.5 Å². The minimum absolute atomic E-state index is 0.536. The maximum atomic E-state index is 5.14. The average molecular weight is 216 g/mol. The third-order valence-electron chi connectivity index (χ3n) is 2.32. The Kier molecular flexibility index (Phi) is 4.00. The van der Waals surface area contributed by atoms with Gasteiger partial charge in [0.25, 0.3) is 0 Å². The highest BCUT2D eigenvalue weighted by molar-refractivity contribution is 5.75. The van der Waals surface area contributed by atoms with Crippen LogP contribution in [0.4, 0.5) is 0 Å². The fraction of sp³-hybridized carbons (Fsp3) is 0.231. The van der Waals surface area contributed by atoms with Crippen molar-refractivity contribution in [3.05, 3.63) is 48.5 Å². The summed E-state index contributed by atoms with van der Waals surface area (Å²) in [6.45, 7) is 11.3. The molecule has 0 amide bonds. The van der Waals surface area contributed by atoms with Crippen LogP contribution in [0.2, 0.25) is 0 Å². The smallest absolute Gasteiger partial charge is 0.235 e. The second-order valence-electron chi connectivity index (χ2n) is 3.35. The Balaban J connectivity index is 3.33. The number of rotatable bonds is 4. The third-order valence-corrected chi connectivity index (χ3v) is 2.32.